The molecule has 27 heavy (non-hydrogen) atoms. The zero-order valence-electron chi connectivity index (χ0n) is 16.2. The summed E-state index contributed by atoms with van der Waals surface area (Å²) in [5.74, 6) is 0.292. The minimum absolute atomic E-state index is 0.135. The van der Waals surface area contributed by atoms with Crippen LogP contribution in [0.1, 0.15) is 27.8 Å². The molecule has 5 nitrogen and oxygen atoms in total. The Balaban J connectivity index is 1.88. The second-order valence-corrected chi connectivity index (χ2v) is 6.88. The molecular formula is C22H23NO4. The maximum Gasteiger partial charge on any atom is 0.339 e. The van der Waals surface area contributed by atoms with Gasteiger partial charge in [-0.05, 0) is 69.0 Å². The summed E-state index contributed by atoms with van der Waals surface area (Å²) in [5.41, 5.74) is 5.13. The molecule has 0 aliphatic heterocycles. The van der Waals surface area contributed by atoms with Crippen molar-refractivity contribution in [3.63, 3.8) is 0 Å². The smallest absolute Gasteiger partial charge is 0.339 e. The van der Waals surface area contributed by atoms with Gasteiger partial charge in [-0.15, -0.1) is 0 Å². The molecule has 1 heterocycles. The quantitative estimate of drug-likeness (QED) is 0.698. The molecule has 3 aromatic rings. The standard InChI is InChI=1S/C22H23NO4/c1-12-9-17(20-15(4)16(5)22(25)27-18(20)10-12)26-11-19(24)23-21-13(2)7-6-8-14(21)3/h6-10H,11H2,1-5H3,(H,23,24). The van der Waals surface area contributed by atoms with Crippen LogP contribution in [0, 0.1) is 34.6 Å². The van der Waals surface area contributed by atoms with E-state index in [0.29, 0.717) is 16.9 Å². The molecule has 1 amide bonds. The van der Waals surface area contributed by atoms with E-state index in [1.54, 1.807) is 13.0 Å². The molecule has 1 N–H and O–H groups in total. The molecule has 5 heteroatoms. The number of rotatable bonds is 4. The lowest BCUT2D eigenvalue weighted by atomic mass is 10.0. The van der Waals surface area contributed by atoms with Crippen molar-refractivity contribution in [2.24, 2.45) is 0 Å². The molecule has 1 aromatic heterocycles. The molecule has 0 radical (unpaired) electrons. The maximum absolute atomic E-state index is 12.4. The van der Waals surface area contributed by atoms with Crippen molar-refractivity contribution in [3.05, 3.63) is 68.6 Å². The van der Waals surface area contributed by atoms with E-state index >= 15 is 0 Å². The van der Waals surface area contributed by atoms with Gasteiger partial charge >= 0.3 is 5.63 Å². The average Bonchev–Trinajstić information content (AvgIpc) is 2.60. The number of aryl methyl sites for hydroxylation is 4. The largest absolute Gasteiger partial charge is 0.483 e. The number of fused-ring (bicyclic) bond motifs is 1. The van der Waals surface area contributed by atoms with Crippen LogP contribution in [0.3, 0.4) is 0 Å². The van der Waals surface area contributed by atoms with Crippen LogP contribution in [-0.2, 0) is 4.79 Å². The van der Waals surface area contributed by atoms with Crippen molar-refractivity contribution in [2.75, 3.05) is 11.9 Å². The van der Waals surface area contributed by atoms with Gasteiger partial charge in [-0.25, -0.2) is 4.79 Å². The highest BCUT2D eigenvalue weighted by molar-refractivity contribution is 5.94. The Bertz CT molecular complexity index is 1080. The molecule has 0 fully saturated rings. The van der Waals surface area contributed by atoms with Crippen molar-refractivity contribution >= 4 is 22.6 Å². The second-order valence-electron chi connectivity index (χ2n) is 6.88. The SMILES string of the molecule is Cc1cc(OCC(=O)Nc2c(C)cccc2C)c2c(C)c(C)c(=O)oc2c1. The molecule has 0 aliphatic rings. The maximum atomic E-state index is 12.4. The van der Waals surface area contributed by atoms with Crippen molar-refractivity contribution in [1.82, 2.24) is 0 Å². The lowest BCUT2D eigenvalue weighted by molar-refractivity contribution is -0.118. The van der Waals surface area contributed by atoms with Gasteiger partial charge in [-0.3, -0.25) is 4.79 Å². The number of hydrogen-bond acceptors (Lipinski definition) is 4. The van der Waals surface area contributed by atoms with Crippen LogP contribution in [0.2, 0.25) is 0 Å². The highest BCUT2D eigenvalue weighted by Gasteiger charge is 2.15. The van der Waals surface area contributed by atoms with Gasteiger partial charge in [0.2, 0.25) is 0 Å². The Kier molecular flexibility index (Phi) is 5.04. The highest BCUT2D eigenvalue weighted by Crippen LogP contribution is 2.31. The number of hydrogen-bond donors (Lipinski definition) is 1. The lowest BCUT2D eigenvalue weighted by Gasteiger charge is -2.14. The summed E-state index contributed by atoms with van der Waals surface area (Å²) >= 11 is 0. The molecular weight excluding hydrogens is 342 g/mol. The van der Waals surface area contributed by atoms with E-state index in [-0.39, 0.29) is 18.1 Å². The average molecular weight is 365 g/mol. The molecule has 0 spiro atoms. The minimum atomic E-state index is -0.357. The molecule has 0 aliphatic carbocycles. The fraction of sp³-hybridized carbons (Fsp3) is 0.273. The van der Waals surface area contributed by atoms with E-state index < -0.39 is 0 Å². The molecule has 0 saturated heterocycles. The third-order valence-electron chi connectivity index (χ3n) is 4.76. The van der Waals surface area contributed by atoms with Gasteiger partial charge in [0.1, 0.15) is 11.3 Å². The van der Waals surface area contributed by atoms with Crippen LogP contribution in [0.15, 0.2) is 39.5 Å². The van der Waals surface area contributed by atoms with Gasteiger partial charge < -0.3 is 14.5 Å². The van der Waals surface area contributed by atoms with E-state index in [1.807, 2.05) is 52.0 Å². The molecule has 0 unspecified atom stereocenters. The van der Waals surface area contributed by atoms with Crippen LogP contribution in [-0.4, -0.2) is 12.5 Å². The highest BCUT2D eigenvalue weighted by atomic mass is 16.5. The van der Waals surface area contributed by atoms with Crippen LogP contribution in [0.25, 0.3) is 11.0 Å². The first kappa shape index (κ1) is 18.7. The number of nitrogens with one attached hydrogen (secondary N) is 1. The summed E-state index contributed by atoms with van der Waals surface area (Å²) in [5, 5.41) is 3.63. The van der Waals surface area contributed by atoms with Gasteiger partial charge in [0.25, 0.3) is 5.91 Å². The zero-order valence-corrected chi connectivity index (χ0v) is 16.2. The Hall–Kier alpha value is -3.08. The summed E-state index contributed by atoms with van der Waals surface area (Å²) < 4.78 is 11.2. The summed E-state index contributed by atoms with van der Waals surface area (Å²) in [4.78, 5) is 24.3. The van der Waals surface area contributed by atoms with E-state index in [2.05, 4.69) is 5.32 Å². The first-order chi connectivity index (χ1) is 12.8. The first-order valence-corrected chi connectivity index (χ1v) is 8.81. The fourth-order valence-electron chi connectivity index (χ4n) is 3.13. The monoisotopic (exact) mass is 365 g/mol. The number of anilines is 1. The van der Waals surface area contributed by atoms with Crippen molar-refractivity contribution in [2.45, 2.75) is 34.6 Å². The number of amides is 1. The molecule has 2 aromatic carbocycles. The van der Waals surface area contributed by atoms with Crippen molar-refractivity contribution in [3.8, 4) is 5.75 Å². The van der Waals surface area contributed by atoms with Gasteiger partial charge in [0, 0.05) is 11.3 Å². The van der Waals surface area contributed by atoms with E-state index in [4.69, 9.17) is 9.15 Å². The van der Waals surface area contributed by atoms with Crippen LogP contribution < -0.4 is 15.7 Å². The van der Waals surface area contributed by atoms with Gasteiger partial charge in [-0.1, -0.05) is 18.2 Å². The molecule has 3 rings (SSSR count). The van der Waals surface area contributed by atoms with E-state index in [9.17, 15) is 9.59 Å². The third kappa shape index (κ3) is 3.72. The number of ether oxygens (including phenoxy) is 1. The normalized spacial score (nSPS) is 10.9. The summed E-state index contributed by atoms with van der Waals surface area (Å²) in [7, 11) is 0. The lowest BCUT2D eigenvalue weighted by Crippen LogP contribution is -2.21. The molecule has 0 atom stereocenters. The van der Waals surface area contributed by atoms with Gasteiger partial charge in [-0.2, -0.15) is 0 Å². The van der Waals surface area contributed by atoms with E-state index in [1.165, 1.54) is 0 Å². The van der Waals surface area contributed by atoms with E-state index in [0.717, 1.165) is 33.3 Å². The van der Waals surface area contributed by atoms with Gasteiger partial charge in [0.05, 0.1) is 5.39 Å². The third-order valence-corrected chi connectivity index (χ3v) is 4.76. The first-order valence-electron chi connectivity index (χ1n) is 8.81. The number of benzene rings is 2. The van der Waals surface area contributed by atoms with Crippen LogP contribution in [0.4, 0.5) is 5.69 Å². The van der Waals surface area contributed by atoms with Crippen LogP contribution in [0.5, 0.6) is 5.75 Å². The summed E-state index contributed by atoms with van der Waals surface area (Å²) in [6.07, 6.45) is 0. The molecule has 140 valence electrons. The fourth-order valence-corrected chi connectivity index (χ4v) is 3.13. The summed E-state index contributed by atoms with van der Waals surface area (Å²) in [6.45, 7) is 9.23. The Morgan fingerprint density at radius 3 is 2.37 bits per heavy atom. The van der Waals surface area contributed by atoms with Crippen molar-refractivity contribution in [1.29, 1.82) is 0 Å². The minimum Gasteiger partial charge on any atom is -0.483 e. The zero-order chi connectivity index (χ0) is 19.7. The predicted molar refractivity (Wildman–Crippen MR) is 107 cm³/mol. The summed E-state index contributed by atoms with van der Waals surface area (Å²) in [6, 6.07) is 9.50. The Labute approximate surface area is 158 Å². The second kappa shape index (κ2) is 7.27. The number of carbonyl (C=O) groups is 1. The predicted octanol–water partition coefficient (Wildman–Crippen LogP) is 4.35. The molecule has 0 bridgehead atoms. The topological polar surface area (TPSA) is 68.5 Å². The van der Waals surface area contributed by atoms with Gasteiger partial charge in [0.15, 0.2) is 6.61 Å². The Morgan fingerprint density at radius 2 is 1.70 bits per heavy atom. The molecule has 0 saturated carbocycles. The Morgan fingerprint density at radius 1 is 1.04 bits per heavy atom. The number of carbonyl (C=O) groups excluding carboxylic acids is 1. The number of para-hydroxylation sites is 1. The van der Waals surface area contributed by atoms with Crippen molar-refractivity contribution < 1.29 is 13.9 Å². The van der Waals surface area contributed by atoms with Crippen LogP contribution >= 0.6 is 0 Å².